The molecule has 3 N–H and O–H groups in total. The van der Waals surface area contributed by atoms with Crippen molar-refractivity contribution in [3.63, 3.8) is 0 Å². The minimum atomic E-state index is -0.939. The van der Waals surface area contributed by atoms with Crippen molar-refractivity contribution in [2.45, 2.75) is 43.9 Å². The van der Waals surface area contributed by atoms with Gasteiger partial charge in [-0.05, 0) is 25.7 Å². The molecule has 3 atom stereocenters. The first-order chi connectivity index (χ1) is 9.15. The number of urea groups is 1. The Balaban J connectivity index is 1.62. The minimum absolute atomic E-state index is 0.0602. The van der Waals surface area contributed by atoms with Gasteiger partial charge in [-0.2, -0.15) is 0 Å². The van der Waals surface area contributed by atoms with Crippen LogP contribution in [-0.2, 0) is 14.3 Å². The monoisotopic (exact) mass is 272 g/mol. The van der Waals surface area contributed by atoms with Crippen molar-refractivity contribution in [3.05, 3.63) is 0 Å². The van der Waals surface area contributed by atoms with E-state index in [4.69, 9.17) is 14.6 Å². The van der Waals surface area contributed by atoms with Gasteiger partial charge in [0.05, 0.1) is 18.8 Å². The SMILES string of the molecule is O=C(NCC1CCC(C(=O)O)O1)NC1CCCOC1. The Labute approximate surface area is 111 Å². The number of hydrogen-bond donors (Lipinski definition) is 3. The lowest BCUT2D eigenvalue weighted by atomic mass is 10.1. The second-order valence-corrected chi connectivity index (χ2v) is 4.93. The van der Waals surface area contributed by atoms with E-state index in [0.717, 1.165) is 19.4 Å². The number of nitrogens with one attached hydrogen (secondary N) is 2. The topological polar surface area (TPSA) is 96.9 Å². The van der Waals surface area contributed by atoms with Crippen LogP contribution in [0.15, 0.2) is 0 Å². The summed E-state index contributed by atoms with van der Waals surface area (Å²) in [6.45, 7) is 1.64. The van der Waals surface area contributed by atoms with Gasteiger partial charge >= 0.3 is 12.0 Å². The summed E-state index contributed by atoms with van der Waals surface area (Å²) < 4.78 is 10.6. The van der Waals surface area contributed by atoms with Gasteiger partial charge in [-0.3, -0.25) is 0 Å². The first-order valence-electron chi connectivity index (χ1n) is 6.65. The third kappa shape index (κ3) is 4.36. The summed E-state index contributed by atoms with van der Waals surface area (Å²) in [7, 11) is 0. The molecule has 0 aromatic carbocycles. The third-order valence-corrected chi connectivity index (χ3v) is 3.37. The molecular weight excluding hydrogens is 252 g/mol. The fourth-order valence-corrected chi connectivity index (χ4v) is 2.34. The normalized spacial score (nSPS) is 30.8. The number of carbonyl (C=O) groups excluding carboxylic acids is 1. The van der Waals surface area contributed by atoms with Crippen molar-refractivity contribution >= 4 is 12.0 Å². The lowest BCUT2D eigenvalue weighted by Gasteiger charge is -2.23. The van der Waals surface area contributed by atoms with Crippen molar-refractivity contribution in [2.75, 3.05) is 19.8 Å². The fourth-order valence-electron chi connectivity index (χ4n) is 2.34. The minimum Gasteiger partial charge on any atom is -0.479 e. The first-order valence-corrected chi connectivity index (χ1v) is 6.65. The molecule has 2 amide bonds. The summed E-state index contributed by atoms with van der Waals surface area (Å²) in [5.41, 5.74) is 0. The summed E-state index contributed by atoms with van der Waals surface area (Å²) in [5, 5.41) is 14.3. The number of ether oxygens (including phenoxy) is 2. The molecule has 7 nitrogen and oxygen atoms in total. The van der Waals surface area contributed by atoms with Gasteiger partial charge in [-0.25, -0.2) is 9.59 Å². The highest BCUT2D eigenvalue weighted by molar-refractivity contribution is 5.74. The summed E-state index contributed by atoms with van der Waals surface area (Å²) in [6, 6.07) is -0.192. The summed E-state index contributed by atoms with van der Waals surface area (Å²) >= 11 is 0. The molecule has 0 radical (unpaired) electrons. The Hall–Kier alpha value is -1.34. The van der Waals surface area contributed by atoms with Gasteiger partial charge in [-0.1, -0.05) is 0 Å². The number of amides is 2. The van der Waals surface area contributed by atoms with Crippen LogP contribution in [0, 0.1) is 0 Å². The molecule has 7 heteroatoms. The average Bonchev–Trinajstić information content (AvgIpc) is 2.86. The maximum absolute atomic E-state index is 11.6. The lowest BCUT2D eigenvalue weighted by molar-refractivity contribution is -0.149. The van der Waals surface area contributed by atoms with Crippen LogP contribution >= 0.6 is 0 Å². The zero-order chi connectivity index (χ0) is 13.7. The fraction of sp³-hybridized carbons (Fsp3) is 0.833. The molecule has 2 aliphatic rings. The van der Waals surface area contributed by atoms with Gasteiger partial charge in [0.15, 0.2) is 6.10 Å². The van der Waals surface area contributed by atoms with E-state index in [1.807, 2.05) is 0 Å². The number of aliphatic carboxylic acids is 1. The van der Waals surface area contributed by atoms with Crippen molar-refractivity contribution in [2.24, 2.45) is 0 Å². The van der Waals surface area contributed by atoms with E-state index in [0.29, 0.717) is 26.0 Å². The smallest absolute Gasteiger partial charge is 0.332 e. The molecule has 0 aliphatic carbocycles. The van der Waals surface area contributed by atoms with Crippen LogP contribution in [0.5, 0.6) is 0 Å². The first kappa shape index (κ1) is 14.1. The number of rotatable bonds is 4. The highest BCUT2D eigenvalue weighted by Gasteiger charge is 2.30. The molecule has 2 heterocycles. The zero-order valence-corrected chi connectivity index (χ0v) is 10.8. The molecule has 2 fully saturated rings. The highest BCUT2D eigenvalue weighted by Crippen LogP contribution is 2.19. The summed E-state index contributed by atoms with van der Waals surface area (Å²) in [4.78, 5) is 22.3. The van der Waals surface area contributed by atoms with Crippen LogP contribution in [0.2, 0.25) is 0 Å². The van der Waals surface area contributed by atoms with Crippen LogP contribution in [0.4, 0.5) is 4.79 Å². The molecule has 3 unspecified atom stereocenters. The Morgan fingerprint density at radius 3 is 2.74 bits per heavy atom. The molecule has 0 bridgehead atoms. The predicted molar refractivity (Wildman–Crippen MR) is 65.9 cm³/mol. The van der Waals surface area contributed by atoms with E-state index in [2.05, 4.69) is 10.6 Å². The summed E-state index contributed by atoms with van der Waals surface area (Å²) in [6.07, 6.45) is 2.09. The molecule has 0 aromatic rings. The molecule has 2 rings (SSSR count). The maximum atomic E-state index is 11.6. The second kappa shape index (κ2) is 6.72. The van der Waals surface area contributed by atoms with Crippen molar-refractivity contribution in [3.8, 4) is 0 Å². The van der Waals surface area contributed by atoms with Crippen molar-refractivity contribution in [1.29, 1.82) is 0 Å². The molecule has 108 valence electrons. The summed E-state index contributed by atoms with van der Waals surface area (Å²) in [5.74, 6) is -0.939. The van der Waals surface area contributed by atoms with E-state index in [9.17, 15) is 9.59 Å². The Morgan fingerprint density at radius 1 is 1.26 bits per heavy atom. The van der Waals surface area contributed by atoms with Gasteiger partial charge in [0, 0.05) is 13.2 Å². The predicted octanol–water partition coefficient (Wildman–Crippen LogP) is 0.0968. The quantitative estimate of drug-likeness (QED) is 0.674. The molecule has 0 aromatic heterocycles. The van der Waals surface area contributed by atoms with E-state index >= 15 is 0 Å². The van der Waals surface area contributed by atoms with Crippen LogP contribution in [0.1, 0.15) is 25.7 Å². The zero-order valence-electron chi connectivity index (χ0n) is 10.8. The molecule has 19 heavy (non-hydrogen) atoms. The van der Waals surface area contributed by atoms with E-state index in [1.165, 1.54) is 0 Å². The Morgan fingerprint density at radius 2 is 2.11 bits per heavy atom. The van der Waals surface area contributed by atoms with E-state index in [1.54, 1.807) is 0 Å². The van der Waals surface area contributed by atoms with E-state index < -0.39 is 12.1 Å². The molecular formula is C12H20N2O5. The van der Waals surface area contributed by atoms with Gasteiger partial charge in [0.1, 0.15) is 0 Å². The molecule has 0 spiro atoms. The molecule has 0 saturated carbocycles. The van der Waals surface area contributed by atoms with Gasteiger partial charge in [0.2, 0.25) is 0 Å². The number of carbonyl (C=O) groups is 2. The standard InChI is InChI=1S/C12H20N2O5/c15-11(16)10-4-3-9(19-10)6-13-12(17)14-8-2-1-5-18-7-8/h8-10H,1-7H2,(H,15,16)(H2,13,14,17). The Kier molecular flexibility index (Phi) is 4.98. The number of hydrogen-bond acceptors (Lipinski definition) is 4. The van der Waals surface area contributed by atoms with Crippen molar-refractivity contribution < 1.29 is 24.2 Å². The van der Waals surface area contributed by atoms with Crippen LogP contribution in [0.3, 0.4) is 0 Å². The molecule has 2 aliphatic heterocycles. The van der Waals surface area contributed by atoms with Crippen LogP contribution in [-0.4, -0.2) is 55.1 Å². The third-order valence-electron chi connectivity index (χ3n) is 3.37. The van der Waals surface area contributed by atoms with Crippen molar-refractivity contribution in [1.82, 2.24) is 10.6 Å². The van der Waals surface area contributed by atoms with Gasteiger partial charge in [-0.15, -0.1) is 0 Å². The van der Waals surface area contributed by atoms with E-state index in [-0.39, 0.29) is 18.2 Å². The average molecular weight is 272 g/mol. The maximum Gasteiger partial charge on any atom is 0.332 e. The largest absolute Gasteiger partial charge is 0.479 e. The second-order valence-electron chi connectivity index (χ2n) is 4.93. The van der Waals surface area contributed by atoms with Gasteiger partial charge in [0.25, 0.3) is 0 Å². The van der Waals surface area contributed by atoms with Gasteiger partial charge < -0.3 is 25.2 Å². The Bertz CT molecular complexity index is 330. The number of carboxylic acid groups (broad SMARTS) is 1. The van der Waals surface area contributed by atoms with Crippen LogP contribution in [0.25, 0.3) is 0 Å². The lowest BCUT2D eigenvalue weighted by Crippen LogP contribution is -2.47. The molecule has 2 saturated heterocycles. The number of carboxylic acids is 1. The van der Waals surface area contributed by atoms with Crippen LogP contribution < -0.4 is 10.6 Å². The highest BCUT2D eigenvalue weighted by atomic mass is 16.5.